The third kappa shape index (κ3) is 5.04. The van der Waals surface area contributed by atoms with Gasteiger partial charge in [-0.1, -0.05) is 18.2 Å². The van der Waals surface area contributed by atoms with Crippen molar-refractivity contribution in [2.24, 2.45) is 0 Å². The maximum Gasteiger partial charge on any atom is 0.343 e. The lowest BCUT2D eigenvalue weighted by Gasteiger charge is -2.09. The molecule has 0 amide bonds. The van der Waals surface area contributed by atoms with Gasteiger partial charge in [0.15, 0.2) is 17.3 Å². The lowest BCUT2D eigenvalue weighted by atomic mass is 10.0. The molecule has 0 atom stereocenters. The predicted molar refractivity (Wildman–Crippen MR) is 112 cm³/mol. The number of ketones is 1. The van der Waals surface area contributed by atoms with E-state index < -0.39 is 5.63 Å². The Balaban J connectivity index is 0.000000941. The molecule has 0 aliphatic heterocycles. The summed E-state index contributed by atoms with van der Waals surface area (Å²) in [5.74, 6) is 0.651. The van der Waals surface area contributed by atoms with Gasteiger partial charge in [0, 0.05) is 12.0 Å². The smallest absolute Gasteiger partial charge is 0.343 e. The van der Waals surface area contributed by atoms with Gasteiger partial charge in [-0.15, -0.1) is 6.58 Å². The molecule has 0 fully saturated rings. The number of allylic oxidation sites excluding steroid dienone is 1. The number of rotatable bonds is 6. The number of carbonyl (C=O) groups is 1. The molecular weight excluding hydrogens is 372 g/mol. The Morgan fingerprint density at radius 2 is 1.79 bits per heavy atom. The van der Waals surface area contributed by atoms with Gasteiger partial charge < -0.3 is 19.0 Å². The second-order valence-electron chi connectivity index (χ2n) is 6.11. The number of para-hydroxylation sites is 1. The summed E-state index contributed by atoms with van der Waals surface area (Å²) in [5, 5.41) is 10.8. The van der Waals surface area contributed by atoms with Gasteiger partial charge in [-0.3, -0.25) is 4.79 Å². The Morgan fingerprint density at radius 3 is 2.45 bits per heavy atom. The van der Waals surface area contributed by atoms with E-state index in [4.69, 9.17) is 13.9 Å². The van der Waals surface area contributed by atoms with Crippen LogP contribution in [0.5, 0.6) is 17.2 Å². The monoisotopic (exact) mass is 396 g/mol. The van der Waals surface area contributed by atoms with Crippen LogP contribution in [0.3, 0.4) is 0 Å². The van der Waals surface area contributed by atoms with Crippen molar-refractivity contribution < 1.29 is 23.8 Å². The summed E-state index contributed by atoms with van der Waals surface area (Å²) in [6, 6.07) is 11.6. The number of carbonyl (C=O) groups excluding carboxylic acids is 1. The summed E-state index contributed by atoms with van der Waals surface area (Å²) in [6.45, 7) is 5.25. The molecule has 1 aromatic heterocycles. The van der Waals surface area contributed by atoms with Gasteiger partial charge in [-0.05, 0) is 43.7 Å². The zero-order valence-corrected chi connectivity index (χ0v) is 16.7. The summed E-state index contributed by atoms with van der Waals surface area (Å²) in [4.78, 5) is 24.6. The van der Waals surface area contributed by atoms with Gasteiger partial charge in [0.05, 0.1) is 25.2 Å². The van der Waals surface area contributed by atoms with Crippen molar-refractivity contribution >= 4 is 16.8 Å². The fourth-order valence-electron chi connectivity index (χ4n) is 2.78. The zero-order chi connectivity index (χ0) is 21.4. The van der Waals surface area contributed by atoms with Crippen LogP contribution in [0.25, 0.3) is 11.0 Å². The predicted octanol–water partition coefficient (Wildman–Crippen LogP) is 4.52. The van der Waals surface area contributed by atoms with Crippen LogP contribution in [0.4, 0.5) is 0 Å². The number of hydrogen-bond donors (Lipinski definition) is 1. The lowest BCUT2D eigenvalue weighted by Crippen LogP contribution is -2.11. The first-order valence-electron chi connectivity index (χ1n) is 9.02. The number of methoxy groups -OCH3 is 2. The van der Waals surface area contributed by atoms with Crippen LogP contribution in [0, 0.1) is 0 Å². The van der Waals surface area contributed by atoms with Crippen LogP contribution in [0.15, 0.2) is 64.3 Å². The largest absolute Gasteiger partial charge is 0.507 e. The first kappa shape index (κ1) is 21.8. The molecule has 1 heterocycles. The second-order valence-corrected chi connectivity index (χ2v) is 6.11. The first-order valence-corrected chi connectivity index (χ1v) is 9.02. The normalized spacial score (nSPS) is 10.0. The molecule has 152 valence electrons. The molecule has 0 radical (unpaired) electrons. The fourth-order valence-corrected chi connectivity index (χ4v) is 2.78. The Bertz CT molecular complexity index is 1060. The van der Waals surface area contributed by atoms with Gasteiger partial charge in [-0.2, -0.15) is 0 Å². The SMILES string of the molecule is C=CC.COc1ccc(C(=O)CCc2c(O)c3ccccc3oc2=O)cc1OC. The van der Waals surface area contributed by atoms with Crippen LogP contribution in [-0.2, 0) is 6.42 Å². The standard InChI is InChI=1S/C20H18O6.C3H6/c1-24-17-10-7-12(11-18(17)25-2)15(21)9-8-14-19(22)13-5-3-4-6-16(13)26-20(14)23;1-3-2/h3-7,10-11,22H,8-9H2,1-2H3;3H,1H2,2H3. The summed E-state index contributed by atoms with van der Waals surface area (Å²) in [6.07, 6.45) is 1.87. The van der Waals surface area contributed by atoms with E-state index in [1.54, 1.807) is 48.5 Å². The molecule has 0 saturated heterocycles. The van der Waals surface area contributed by atoms with Crippen molar-refractivity contribution in [3.8, 4) is 17.2 Å². The molecule has 0 saturated carbocycles. The van der Waals surface area contributed by atoms with Crippen LogP contribution in [0.2, 0.25) is 0 Å². The van der Waals surface area contributed by atoms with Crippen molar-refractivity contribution in [3.63, 3.8) is 0 Å². The van der Waals surface area contributed by atoms with Crippen molar-refractivity contribution in [3.05, 3.63) is 76.7 Å². The third-order valence-electron chi connectivity index (χ3n) is 4.18. The molecule has 0 bridgehead atoms. The number of benzene rings is 2. The highest BCUT2D eigenvalue weighted by Gasteiger charge is 2.16. The highest BCUT2D eigenvalue weighted by Crippen LogP contribution is 2.29. The quantitative estimate of drug-likeness (QED) is 0.374. The van der Waals surface area contributed by atoms with Crippen molar-refractivity contribution in [1.29, 1.82) is 0 Å². The zero-order valence-electron chi connectivity index (χ0n) is 16.7. The summed E-state index contributed by atoms with van der Waals surface area (Å²) in [7, 11) is 3.01. The van der Waals surface area contributed by atoms with Gasteiger partial charge in [0.1, 0.15) is 11.3 Å². The molecular formula is C23H24O6. The molecule has 6 heteroatoms. The minimum atomic E-state index is -0.638. The van der Waals surface area contributed by atoms with Crippen LogP contribution < -0.4 is 15.1 Å². The van der Waals surface area contributed by atoms with Crippen LogP contribution in [-0.4, -0.2) is 25.1 Å². The fraction of sp³-hybridized carbons (Fsp3) is 0.217. The van der Waals surface area contributed by atoms with Crippen molar-refractivity contribution in [1.82, 2.24) is 0 Å². The average molecular weight is 396 g/mol. The maximum absolute atomic E-state index is 12.5. The number of fused-ring (bicyclic) bond motifs is 1. The molecule has 2 aromatic carbocycles. The highest BCUT2D eigenvalue weighted by atomic mass is 16.5. The number of ether oxygens (including phenoxy) is 2. The van der Waals surface area contributed by atoms with E-state index in [0.29, 0.717) is 28.0 Å². The molecule has 6 nitrogen and oxygen atoms in total. The minimum Gasteiger partial charge on any atom is -0.507 e. The Labute approximate surface area is 169 Å². The minimum absolute atomic E-state index is 0.0478. The van der Waals surface area contributed by atoms with E-state index in [1.165, 1.54) is 14.2 Å². The Kier molecular flexibility index (Phi) is 7.60. The number of Topliss-reactive ketones (excluding diaryl/α,β-unsaturated/α-hetero) is 1. The Hall–Kier alpha value is -3.54. The van der Waals surface area contributed by atoms with Crippen LogP contribution in [0.1, 0.15) is 29.3 Å². The van der Waals surface area contributed by atoms with Gasteiger partial charge in [0.2, 0.25) is 0 Å². The molecule has 0 unspecified atom stereocenters. The third-order valence-corrected chi connectivity index (χ3v) is 4.18. The topological polar surface area (TPSA) is 86.0 Å². The van der Waals surface area contributed by atoms with E-state index in [0.717, 1.165) is 0 Å². The van der Waals surface area contributed by atoms with E-state index in [1.807, 2.05) is 6.92 Å². The number of hydrogen-bond acceptors (Lipinski definition) is 6. The van der Waals surface area contributed by atoms with E-state index in [2.05, 4.69) is 6.58 Å². The molecule has 29 heavy (non-hydrogen) atoms. The molecule has 0 aliphatic rings. The first-order chi connectivity index (χ1) is 14.0. The molecule has 3 aromatic rings. The summed E-state index contributed by atoms with van der Waals surface area (Å²) >= 11 is 0. The number of aromatic hydroxyl groups is 1. The molecule has 0 spiro atoms. The van der Waals surface area contributed by atoms with Crippen LogP contribution >= 0.6 is 0 Å². The molecule has 3 rings (SSSR count). The van der Waals surface area contributed by atoms with E-state index in [9.17, 15) is 14.7 Å². The maximum atomic E-state index is 12.5. The lowest BCUT2D eigenvalue weighted by molar-refractivity contribution is 0.0982. The molecule has 1 N–H and O–H groups in total. The summed E-state index contributed by atoms with van der Waals surface area (Å²) < 4.78 is 15.6. The van der Waals surface area contributed by atoms with Gasteiger partial charge in [-0.25, -0.2) is 4.79 Å². The second kappa shape index (κ2) is 10.1. The summed E-state index contributed by atoms with van der Waals surface area (Å²) in [5.41, 5.74) is 0.205. The van der Waals surface area contributed by atoms with E-state index in [-0.39, 0.29) is 29.9 Å². The Morgan fingerprint density at radius 1 is 1.14 bits per heavy atom. The highest BCUT2D eigenvalue weighted by molar-refractivity contribution is 5.97. The van der Waals surface area contributed by atoms with E-state index >= 15 is 0 Å². The van der Waals surface area contributed by atoms with Crippen molar-refractivity contribution in [2.75, 3.05) is 14.2 Å². The van der Waals surface area contributed by atoms with Gasteiger partial charge >= 0.3 is 5.63 Å². The van der Waals surface area contributed by atoms with Gasteiger partial charge in [0.25, 0.3) is 0 Å². The van der Waals surface area contributed by atoms with Crippen molar-refractivity contribution in [2.45, 2.75) is 19.8 Å². The average Bonchev–Trinajstić information content (AvgIpc) is 2.73. The molecule has 0 aliphatic carbocycles.